The lowest BCUT2D eigenvalue weighted by molar-refractivity contribution is 0.222. The topological polar surface area (TPSA) is 124 Å². The summed E-state index contributed by atoms with van der Waals surface area (Å²) in [5, 5.41) is 1.86. The third-order valence-electron chi connectivity index (χ3n) is 2.18. The van der Waals surface area contributed by atoms with Crippen molar-refractivity contribution >= 4 is 33.7 Å². The predicted molar refractivity (Wildman–Crippen MR) is 69.3 cm³/mol. The lowest BCUT2D eigenvalue weighted by atomic mass is 10.3. The second-order valence-electron chi connectivity index (χ2n) is 3.55. The Labute approximate surface area is 114 Å². The van der Waals surface area contributed by atoms with Gasteiger partial charge in [-0.05, 0) is 24.3 Å². The smallest absolute Gasteiger partial charge is 0.291 e. The van der Waals surface area contributed by atoms with E-state index in [9.17, 15) is 4.79 Å². The second kappa shape index (κ2) is 6.17. The summed E-state index contributed by atoms with van der Waals surface area (Å²) < 4.78 is 31.6. The largest absolute Gasteiger partial charge is 0.394 e. The normalized spacial score (nSPS) is 15.3. The number of nitrogens with zero attached hydrogens (tertiary/aromatic N) is 2. The van der Waals surface area contributed by atoms with Crippen molar-refractivity contribution in [1.82, 2.24) is 5.01 Å². The van der Waals surface area contributed by atoms with E-state index in [-0.39, 0.29) is 6.03 Å². The number of carbonyl (C=O) groups is 1. The monoisotopic (exact) mass is 309 g/mol. The summed E-state index contributed by atoms with van der Waals surface area (Å²) in [7, 11) is -4.67. The van der Waals surface area contributed by atoms with E-state index >= 15 is 0 Å². The molecular formula is C9H12ClN3O5S. The molecule has 0 unspecified atom stereocenters. The van der Waals surface area contributed by atoms with Gasteiger partial charge in [-0.25, -0.2) is 10.6 Å². The average molecular weight is 310 g/mol. The first-order chi connectivity index (χ1) is 8.68. The molecule has 0 saturated carbocycles. The Morgan fingerprint density at radius 1 is 1.16 bits per heavy atom. The maximum absolute atomic E-state index is 11.5. The van der Waals surface area contributed by atoms with Crippen LogP contribution in [0.2, 0.25) is 5.02 Å². The number of hydrazine groups is 1. The van der Waals surface area contributed by atoms with Crippen molar-refractivity contribution < 1.29 is 22.3 Å². The summed E-state index contributed by atoms with van der Waals surface area (Å²) in [5.74, 6) is 5.45. The summed E-state index contributed by atoms with van der Waals surface area (Å²) in [6, 6.07) is 6.94. The molecule has 8 nitrogen and oxygen atoms in total. The van der Waals surface area contributed by atoms with Crippen molar-refractivity contribution in [2.75, 3.05) is 18.0 Å². The zero-order chi connectivity index (χ0) is 14.6. The summed E-state index contributed by atoms with van der Waals surface area (Å²) in [6.07, 6.45) is 0. The Balaban J connectivity index is 0.000000312. The van der Waals surface area contributed by atoms with Gasteiger partial charge in [0, 0.05) is 17.3 Å². The molecule has 1 aliphatic heterocycles. The summed E-state index contributed by atoms with van der Waals surface area (Å²) in [6.45, 7) is 1.18. The molecule has 10 heteroatoms. The molecule has 1 aliphatic rings. The number of amides is 2. The molecule has 0 bridgehead atoms. The Kier molecular flexibility index (Phi) is 5.09. The highest BCUT2D eigenvalue weighted by Gasteiger charge is 2.26. The number of nitrogens with two attached hydrogens (primary N) is 1. The van der Waals surface area contributed by atoms with Crippen LogP contribution in [0.4, 0.5) is 10.5 Å². The number of urea groups is 1. The van der Waals surface area contributed by atoms with E-state index in [2.05, 4.69) is 0 Å². The molecule has 0 radical (unpaired) electrons. The van der Waals surface area contributed by atoms with Gasteiger partial charge in [0.25, 0.3) is 0 Å². The number of benzene rings is 1. The number of anilines is 1. The minimum absolute atomic E-state index is 0.174. The molecule has 4 N–H and O–H groups in total. The molecule has 19 heavy (non-hydrogen) atoms. The van der Waals surface area contributed by atoms with Gasteiger partial charge in [0.1, 0.15) is 0 Å². The van der Waals surface area contributed by atoms with Gasteiger partial charge in [0.05, 0.1) is 6.54 Å². The predicted octanol–water partition coefficient (Wildman–Crippen LogP) is 0.803. The maximum Gasteiger partial charge on any atom is 0.394 e. The Morgan fingerprint density at radius 3 is 2.00 bits per heavy atom. The van der Waals surface area contributed by atoms with Crippen LogP contribution < -0.4 is 10.7 Å². The van der Waals surface area contributed by atoms with Crippen LogP contribution in [-0.2, 0) is 10.4 Å². The molecule has 106 valence electrons. The van der Waals surface area contributed by atoms with E-state index in [1.807, 2.05) is 0 Å². The van der Waals surface area contributed by atoms with E-state index < -0.39 is 10.4 Å². The molecule has 1 fully saturated rings. The quantitative estimate of drug-likeness (QED) is 0.400. The fraction of sp³-hybridized carbons (Fsp3) is 0.222. The summed E-state index contributed by atoms with van der Waals surface area (Å²) >= 11 is 5.74. The molecule has 0 aromatic heterocycles. The van der Waals surface area contributed by atoms with Crippen LogP contribution in [0.5, 0.6) is 0 Å². The third-order valence-corrected chi connectivity index (χ3v) is 2.43. The van der Waals surface area contributed by atoms with Crippen molar-refractivity contribution in [3.63, 3.8) is 0 Å². The molecule has 1 saturated heterocycles. The van der Waals surface area contributed by atoms with Gasteiger partial charge in [0.2, 0.25) is 0 Å². The van der Waals surface area contributed by atoms with Gasteiger partial charge < -0.3 is 0 Å². The van der Waals surface area contributed by atoms with Crippen molar-refractivity contribution in [3.05, 3.63) is 29.3 Å². The zero-order valence-electron chi connectivity index (χ0n) is 9.60. The first-order valence-electron chi connectivity index (χ1n) is 4.97. The molecule has 1 aromatic rings. The van der Waals surface area contributed by atoms with Crippen molar-refractivity contribution in [1.29, 1.82) is 0 Å². The lowest BCUT2D eigenvalue weighted by Crippen LogP contribution is -2.36. The van der Waals surface area contributed by atoms with E-state index in [4.69, 9.17) is 35.0 Å². The maximum atomic E-state index is 11.5. The lowest BCUT2D eigenvalue weighted by Gasteiger charge is -2.15. The molecule has 1 heterocycles. The standard InChI is InChI=1S/C9H10ClN3O.H2O4S/c10-7-1-3-8(4-2-7)12-5-6-13(11)9(12)14;1-5(2,3)4/h1-4H,5-6,11H2;(H2,1,2,3,4). The minimum atomic E-state index is -4.67. The first kappa shape index (κ1) is 15.7. The van der Waals surface area contributed by atoms with Crippen LogP contribution in [0, 0.1) is 0 Å². The van der Waals surface area contributed by atoms with Crippen molar-refractivity contribution in [2.45, 2.75) is 0 Å². The second-order valence-corrected chi connectivity index (χ2v) is 4.88. The van der Waals surface area contributed by atoms with Crippen LogP contribution >= 0.6 is 11.6 Å². The number of halogens is 1. The molecule has 0 aliphatic carbocycles. The molecule has 1 aromatic carbocycles. The Morgan fingerprint density at radius 2 is 1.63 bits per heavy atom. The Hall–Kier alpha value is -1.39. The fourth-order valence-electron chi connectivity index (χ4n) is 1.41. The van der Waals surface area contributed by atoms with E-state index in [1.165, 1.54) is 5.01 Å². The third kappa shape index (κ3) is 5.41. The number of hydrogen-bond acceptors (Lipinski definition) is 4. The van der Waals surface area contributed by atoms with Gasteiger partial charge >= 0.3 is 16.4 Å². The van der Waals surface area contributed by atoms with Crippen LogP contribution in [0.15, 0.2) is 24.3 Å². The van der Waals surface area contributed by atoms with Gasteiger partial charge in [-0.2, -0.15) is 8.42 Å². The molecule has 0 atom stereocenters. The van der Waals surface area contributed by atoms with Crippen molar-refractivity contribution in [2.24, 2.45) is 5.84 Å². The van der Waals surface area contributed by atoms with Crippen LogP contribution in [0.25, 0.3) is 0 Å². The van der Waals surface area contributed by atoms with E-state index in [0.29, 0.717) is 18.1 Å². The number of hydrogen-bond donors (Lipinski definition) is 3. The molecule has 0 spiro atoms. The SMILES string of the molecule is NN1CCN(c2ccc(Cl)cc2)C1=O.O=S(=O)(O)O. The van der Waals surface area contributed by atoms with E-state index in [0.717, 1.165) is 5.69 Å². The fourth-order valence-corrected chi connectivity index (χ4v) is 1.54. The highest BCUT2D eigenvalue weighted by atomic mass is 35.5. The van der Waals surface area contributed by atoms with Gasteiger partial charge in [-0.15, -0.1) is 0 Å². The van der Waals surface area contributed by atoms with Crippen LogP contribution in [0.3, 0.4) is 0 Å². The van der Waals surface area contributed by atoms with E-state index in [1.54, 1.807) is 29.2 Å². The highest BCUT2D eigenvalue weighted by Crippen LogP contribution is 2.20. The van der Waals surface area contributed by atoms with Crippen LogP contribution in [-0.4, -0.2) is 41.7 Å². The Bertz CT molecular complexity index is 539. The average Bonchev–Trinajstić information content (AvgIpc) is 2.59. The first-order valence-corrected chi connectivity index (χ1v) is 6.75. The molecular weight excluding hydrogens is 298 g/mol. The molecule has 2 amide bonds. The number of carbonyl (C=O) groups excluding carboxylic acids is 1. The highest BCUT2D eigenvalue weighted by molar-refractivity contribution is 7.79. The minimum Gasteiger partial charge on any atom is -0.291 e. The summed E-state index contributed by atoms with van der Waals surface area (Å²) in [4.78, 5) is 13.1. The van der Waals surface area contributed by atoms with Gasteiger partial charge in [-0.1, -0.05) is 11.6 Å². The van der Waals surface area contributed by atoms with Gasteiger partial charge in [-0.3, -0.25) is 19.0 Å². The van der Waals surface area contributed by atoms with Crippen LogP contribution in [0.1, 0.15) is 0 Å². The summed E-state index contributed by atoms with van der Waals surface area (Å²) in [5.41, 5.74) is 0.826. The number of rotatable bonds is 1. The zero-order valence-corrected chi connectivity index (χ0v) is 11.2. The van der Waals surface area contributed by atoms with Crippen molar-refractivity contribution in [3.8, 4) is 0 Å². The van der Waals surface area contributed by atoms with Gasteiger partial charge in [0.15, 0.2) is 0 Å². The molecule has 2 rings (SSSR count).